The van der Waals surface area contributed by atoms with Crippen LogP contribution in [0.2, 0.25) is 0 Å². The number of carbonyl (C=O) groups excluding carboxylic acids is 1. The summed E-state index contributed by atoms with van der Waals surface area (Å²) < 4.78 is 16.9. The molecule has 0 radical (unpaired) electrons. The van der Waals surface area contributed by atoms with Gasteiger partial charge in [-0.3, -0.25) is 14.6 Å². The molecule has 1 aromatic heterocycles. The van der Waals surface area contributed by atoms with Crippen LogP contribution in [-0.4, -0.2) is 81.4 Å². The predicted octanol–water partition coefficient (Wildman–Crippen LogP) is 1.73. The lowest BCUT2D eigenvalue weighted by molar-refractivity contribution is -0.0283. The van der Waals surface area contributed by atoms with Crippen LogP contribution in [0.4, 0.5) is 0 Å². The molecule has 7 nitrogen and oxygen atoms in total. The Kier molecular flexibility index (Phi) is 6.67. The lowest BCUT2D eigenvalue weighted by atomic mass is 9.79. The third-order valence-corrected chi connectivity index (χ3v) is 6.30. The number of ether oxygens (including phenoxy) is 2. The fraction of sp³-hybridized carbons (Fsp3) is 0.762. The quantitative estimate of drug-likeness (QED) is 0.764. The van der Waals surface area contributed by atoms with Gasteiger partial charge in [0.15, 0.2) is 5.76 Å². The highest BCUT2D eigenvalue weighted by Crippen LogP contribution is 2.31. The summed E-state index contributed by atoms with van der Waals surface area (Å²) in [6, 6.07) is 3.74. The minimum atomic E-state index is -0.111. The van der Waals surface area contributed by atoms with Crippen LogP contribution in [0.25, 0.3) is 0 Å². The molecule has 1 N–H and O–H groups in total. The lowest BCUT2D eigenvalue weighted by Crippen LogP contribution is -2.50. The maximum Gasteiger partial charge on any atom is 0.287 e. The van der Waals surface area contributed by atoms with Gasteiger partial charge in [-0.25, -0.2) is 0 Å². The Morgan fingerprint density at radius 2 is 1.68 bits per heavy atom. The first-order valence-electron chi connectivity index (χ1n) is 10.7. The van der Waals surface area contributed by atoms with Crippen molar-refractivity contribution in [1.29, 1.82) is 0 Å². The van der Waals surface area contributed by atoms with Gasteiger partial charge >= 0.3 is 0 Å². The molecule has 0 aromatic carbocycles. The van der Waals surface area contributed by atoms with E-state index in [9.17, 15) is 4.79 Å². The van der Waals surface area contributed by atoms with Crippen LogP contribution in [0, 0.1) is 5.41 Å². The number of amides is 1. The van der Waals surface area contributed by atoms with E-state index in [0.717, 1.165) is 84.3 Å². The summed E-state index contributed by atoms with van der Waals surface area (Å²) in [5.41, 5.74) is 0.0657. The molecule has 0 spiro atoms. The summed E-state index contributed by atoms with van der Waals surface area (Å²) in [5, 5.41) is 3.15. The molecule has 3 aliphatic rings. The molecule has 1 amide bonds. The van der Waals surface area contributed by atoms with Gasteiger partial charge in [-0.1, -0.05) is 0 Å². The number of hydrogen-bond acceptors (Lipinski definition) is 6. The van der Waals surface area contributed by atoms with E-state index in [4.69, 9.17) is 13.9 Å². The van der Waals surface area contributed by atoms with Crippen molar-refractivity contribution in [3.8, 4) is 0 Å². The standard InChI is InChI=1S/C21H33N3O4/c25-20(19-4-3-18(28-19)15-23-7-1-2-8-23)22-16-21(5-11-26-12-6-21)17-24-9-13-27-14-10-24/h3-4H,1-2,5-17H2,(H,22,25). The monoisotopic (exact) mass is 391 g/mol. The van der Waals surface area contributed by atoms with Crippen LogP contribution in [0.3, 0.4) is 0 Å². The summed E-state index contributed by atoms with van der Waals surface area (Å²) in [6.45, 7) is 9.74. The Balaban J connectivity index is 1.32. The molecule has 0 atom stereocenters. The Morgan fingerprint density at radius 3 is 2.43 bits per heavy atom. The van der Waals surface area contributed by atoms with E-state index in [1.165, 1.54) is 12.8 Å². The first-order valence-corrected chi connectivity index (χ1v) is 10.7. The molecule has 0 aliphatic carbocycles. The Hall–Kier alpha value is -1.41. The fourth-order valence-corrected chi connectivity index (χ4v) is 4.53. The number of morpholine rings is 1. The number of carbonyl (C=O) groups is 1. The SMILES string of the molecule is O=C(NCC1(CN2CCOCC2)CCOCC1)c1ccc(CN2CCCC2)o1. The highest BCUT2D eigenvalue weighted by Gasteiger charge is 2.35. The molecule has 28 heavy (non-hydrogen) atoms. The van der Waals surface area contributed by atoms with Gasteiger partial charge in [0.05, 0.1) is 19.8 Å². The molecule has 0 unspecified atom stereocenters. The molecule has 0 bridgehead atoms. The summed E-state index contributed by atoms with van der Waals surface area (Å²) in [6.07, 6.45) is 4.46. The minimum absolute atomic E-state index is 0.0657. The Morgan fingerprint density at radius 1 is 0.964 bits per heavy atom. The van der Waals surface area contributed by atoms with Gasteiger partial charge in [0.2, 0.25) is 0 Å². The van der Waals surface area contributed by atoms with Gasteiger partial charge < -0.3 is 19.2 Å². The average Bonchev–Trinajstić information content (AvgIpc) is 3.40. The van der Waals surface area contributed by atoms with Crippen LogP contribution < -0.4 is 5.32 Å². The van der Waals surface area contributed by atoms with Crippen LogP contribution in [-0.2, 0) is 16.0 Å². The number of rotatable bonds is 7. The first kappa shape index (κ1) is 19.9. The van der Waals surface area contributed by atoms with Gasteiger partial charge in [-0.05, 0) is 50.9 Å². The molecule has 3 saturated heterocycles. The maximum absolute atomic E-state index is 12.7. The second-order valence-corrected chi connectivity index (χ2v) is 8.43. The summed E-state index contributed by atoms with van der Waals surface area (Å²) >= 11 is 0. The zero-order chi connectivity index (χ0) is 19.2. The van der Waals surface area contributed by atoms with E-state index in [2.05, 4.69) is 15.1 Å². The largest absolute Gasteiger partial charge is 0.455 e. The zero-order valence-corrected chi connectivity index (χ0v) is 16.8. The average molecular weight is 392 g/mol. The molecule has 4 heterocycles. The van der Waals surface area contributed by atoms with E-state index < -0.39 is 0 Å². The van der Waals surface area contributed by atoms with Gasteiger partial charge in [0, 0.05) is 44.8 Å². The van der Waals surface area contributed by atoms with Gasteiger partial charge in [0.1, 0.15) is 5.76 Å². The van der Waals surface area contributed by atoms with E-state index in [0.29, 0.717) is 12.3 Å². The number of furan rings is 1. The van der Waals surface area contributed by atoms with Crippen molar-refractivity contribution in [3.05, 3.63) is 23.7 Å². The van der Waals surface area contributed by atoms with Gasteiger partial charge in [-0.2, -0.15) is 0 Å². The molecule has 4 rings (SSSR count). The maximum atomic E-state index is 12.7. The van der Waals surface area contributed by atoms with Crippen molar-refractivity contribution in [3.63, 3.8) is 0 Å². The number of likely N-dealkylation sites (tertiary alicyclic amines) is 1. The predicted molar refractivity (Wildman–Crippen MR) is 105 cm³/mol. The number of hydrogen-bond donors (Lipinski definition) is 1. The summed E-state index contributed by atoms with van der Waals surface area (Å²) in [7, 11) is 0. The van der Waals surface area contributed by atoms with Crippen LogP contribution in [0.5, 0.6) is 0 Å². The smallest absolute Gasteiger partial charge is 0.287 e. The van der Waals surface area contributed by atoms with Crippen molar-refractivity contribution in [2.45, 2.75) is 32.2 Å². The molecular weight excluding hydrogens is 358 g/mol. The van der Waals surface area contributed by atoms with Crippen molar-refractivity contribution < 1.29 is 18.7 Å². The second kappa shape index (κ2) is 9.39. The molecule has 0 saturated carbocycles. The van der Waals surface area contributed by atoms with E-state index in [1.807, 2.05) is 6.07 Å². The summed E-state index contributed by atoms with van der Waals surface area (Å²) in [4.78, 5) is 17.5. The lowest BCUT2D eigenvalue weighted by Gasteiger charge is -2.42. The second-order valence-electron chi connectivity index (χ2n) is 8.43. The topological polar surface area (TPSA) is 67.2 Å². The van der Waals surface area contributed by atoms with Crippen LogP contribution in [0.1, 0.15) is 42.0 Å². The van der Waals surface area contributed by atoms with E-state index in [1.54, 1.807) is 6.07 Å². The third kappa shape index (κ3) is 5.14. The van der Waals surface area contributed by atoms with E-state index >= 15 is 0 Å². The number of nitrogens with one attached hydrogen (secondary N) is 1. The number of nitrogens with zero attached hydrogens (tertiary/aromatic N) is 2. The van der Waals surface area contributed by atoms with Crippen molar-refractivity contribution in [2.24, 2.45) is 5.41 Å². The third-order valence-electron chi connectivity index (χ3n) is 6.30. The van der Waals surface area contributed by atoms with Crippen molar-refractivity contribution in [2.75, 3.05) is 65.7 Å². The molecule has 7 heteroatoms. The van der Waals surface area contributed by atoms with E-state index in [-0.39, 0.29) is 11.3 Å². The highest BCUT2D eigenvalue weighted by molar-refractivity contribution is 5.91. The summed E-state index contributed by atoms with van der Waals surface area (Å²) in [5.74, 6) is 1.18. The van der Waals surface area contributed by atoms with Crippen LogP contribution in [0.15, 0.2) is 16.5 Å². The molecule has 3 aliphatic heterocycles. The van der Waals surface area contributed by atoms with Crippen molar-refractivity contribution in [1.82, 2.24) is 15.1 Å². The molecular formula is C21H33N3O4. The minimum Gasteiger partial charge on any atom is -0.455 e. The van der Waals surface area contributed by atoms with Gasteiger partial charge in [-0.15, -0.1) is 0 Å². The Bertz CT molecular complexity index is 629. The zero-order valence-electron chi connectivity index (χ0n) is 16.8. The van der Waals surface area contributed by atoms with Gasteiger partial charge in [0.25, 0.3) is 5.91 Å². The Labute approximate surface area is 167 Å². The normalized spacial score (nSPS) is 23.7. The molecule has 3 fully saturated rings. The van der Waals surface area contributed by atoms with Crippen LogP contribution >= 0.6 is 0 Å². The fourth-order valence-electron chi connectivity index (χ4n) is 4.53. The highest BCUT2D eigenvalue weighted by atomic mass is 16.5. The molecule has 1 aromatic rings. The first-order chi connectivity index (χ1) is 13.7. The molecule has 156 valence electrons. The van der Waals surface area contributed by atoms with Crippen molar-refractivity contribution >= 4 is 5.91 Å².